The van der Waals surface area contributed by atoms with Gasteiger partial charge in [-0.1, -0.05) is 13.8 Å². The van der Waals surface area contributed by atoms with E-state index in [1.54, 1.807) is 5.01 Å². The first-order valence-electron chi connectivity index (χ1n) is 6.32. The second kappa shape index (κ2) is 8.05. The molecule has 0 heterocycles. The molecule has 0 bridgehead atoms. The van der Waals surface area contributed by atoms with Gasteiger partial charge < -0.3 is 10.4 Å². The van der Waals surface area contributed by atoms with Crippen LogP contribution in [0.4, 0.5) is 0 Å². The number of amides is 2. The summed E-state index contributed by atoms with van der Waals surface area (Å²) in [4.78, 5) is 22.1. The molecule has 2 amide bonds. The minimum absolute atomic E-state index is 0.171. The number of aliphatic hydroxyl groups is 1. The number of rotatable bonds is 7. The van der Waals surface area contributed by atoms with Crippen LogP contribution in [-0.2, 0) is 9.59 Å². The van der Waals surface area contributed by atoms with Gasteiger partial charge in [0.2, 0.25) is 11.8 Å². The molecule has 0 aromatic carbocycles. The zero-order chi connectivity index (χ0) is 14.3. The van der Waals surface area contributed by atoms with Gasteiger partial charge in [-0.05, 0) is 13.3 Å². The molecule has 6 heteroatoms. The van der Waals surface area contributed by atoms with Gasteiger partial charge in [0.1, 0.15) is 0 Å². The number of nitrogens with zero attached hydrogens (tertiary/aromatic N) is 1. The Morgan fingerprint density at radius 2 is 1.78 bits per heavy atom. The molecule has 0 rings (SSSR count). The lowest BCUT2D eigenvalue weighted by Crippen LogP contribution is -2.57. The van der Waals surface area contributed by atoms with E-state index in [2.05, 4.69) is 10.7 Å². The maximum absolute atomic E-state index is 11.1. The molecule has 3 atom stereocenters. The van der Waals surface area contributed by atoms with Crippen molar-refractivity contribution < 1.29 is 14.7 Å². The third-order valence-corrected chi connectivity index (χ3v) is 2.87. The van der Waals surface area contributed by atoms with Crippen LogP contribution in [-0.4, -0.2) is 46.7 Å². The van der Waals surface area contributed by atoms with E-state index >= 15 is 0 Å². The fourth-order valence-electron chi connectivity index (χ4n) is 1.88. The zero-order valence-corrected chi connectivity index (χ0v) is 11.9. The fraction of sp³-hybridized carbons (Fsp3) is 0.833. The van der Waals surface area contributed by atoms with E-state index in [9.17, 15) is 14.7 Å². The number of likely N-dealkylation sites (N-methyl/N-ethyl adjacent to an activating group) is 1. The quantitative estimate of drug-likeness (QED) is 0.563. The summed E-state index contributed by atoms with van der Waals surface area (Å²) in [5.74, 6) is -0.348. The third kappa shape index (κ3) is 5.46. The Morgan fingerprint density at radius 1 is 1.22 bits per heavy atom. The van der Waals surface area contributed by atoms with E-state index in [0.29, 0.717) is 13.0 Å². The van der Waals surface area contributed by atoms with Crippen molar-refractivity contribution in [2.45, 2.75) is 59.2 Å². The van der Waals surface area contributed by atoms with E-state index in [1.165, 1.54) is 13.8 Å². The van der Waals surface area contributed by atoms with E-state index in [-0.39, 0.29) is 23.9 Å². The number of aliphatic hydroxyl groups excluding tert-OH is 1. The Balaban J connectivity index is 4.64. The van der Waals surface area contributed by atoms with Crippen LogP contribution in [0.15, 0.2) is 0 Å². The highest BCUT2D eigenvalue weighted by atomic mass is 16.3. The predicted octanol–water partition coefficient (Wildman–Crippen LogP) is 0.0235. The molecule has 0 spiro atoms. The zero-order valence-electron chi connectivity index (χ0n) is 11.9. The summed E-state index contributed by atoms with van der Waals surface area (Å²) in [6, 6.07) is -0.601. The first-order valence-corrected chi connectivity index (χ1v) is 6.32. The molecule has 0 saturated carbocycles. The second-order valence-corrected chi connectivity index (χ2v) is 4.40. The summed E-state index contributed by atoms with van der Waals surface area (Å²) in [5.41, 5.74) is 2.66. The van der Waals surface area contributed by atoms with Gasteiger partial charge in [0.05, 0.1) is 18.2 Å². The van der Waals surface area contributed by atoms with Gasteiger partial charge in [-0.2, -0.15) is 0 Å². The molecule has 106 valence electrons. The molecule has 3 unspecified atom stereocenters. The van der Waals surface area contributed by atoms with Gasteiger partial charge in [-0.15, -0.1) is 0 Å². The largest absolute Gasteiger partial charge is 0.389 e. The number of carbonyl (C=O) groups is 2. The van der Waals surface area contributed by atoms with Crippen LogP contribution in [0.2, 0.25) is 0 Å². The Morgan fingerprint density at radius 3 is 2.11 bits per heavy atom. The molecule has 6 nitrogen and oxygen atoms in total. The summed E-state index contributed by atoms with van der Waals surface area (Å²) in [7, 11) is 0. The van der Waals surface area contributed by atoms with E-state index in [0.717, 1.165) is 0 Å². The molecule has 0 radical (unpaired) electrons. The number of nitrogens with one attached hydrogen (secondary N) is 2. The summed E-state index contributed by atoms with van der Waals surface area (Å²) >= 11 is 0. The highest BCUT2D eigenvalue weighted by molar-refractivity contribution is 5.73. The number of hydrazine groups is 1. The molecule has 0 aliphatic carbocycles. The van der Waals surface area contributed by atoms with Crippen LogP contribution < -0.4 is 10.7 Å². The van der Waals surface area contributed by atoms with Crippen molar-refractivity contribution in [1.29, 1.82) is 0 Å². The van der Waals surface area contributed by atoms with Crippen molar-refractivity contribution >= 4 is 11.8 Å². The lowest BCUT2D eigenvalue weighted by atomic mass is 10.0. The molecule has 0 aromatic heterocycles. The molecule has 0 aliphatic rings. The van der Waals surface area contributed by atoms with Crippen molar-refractivity contribution in [1.82, 2.24) is 15.8 Å². The molecule has 0 aromatic rings. The number of hydrogen-bond donors (Lipinski definition) is 3. The van der Waals surface area contributed by atoms with Gasteiger partial charge in [0, 0.05) is 20.4 Å². The topological polar surface area (TPSA) is 81.7 Å². The lowest BCUT2D eigenvalue weighted by Gasteiger charge is -2.34. The van der Waals surface area contributed by atoms with Crippen molar-refractivity contribution in [3.8, 4) is 0 Å². The van der Waals surface area contributed by atoms with Crippen LogP contribution in [0, 0.1) is 0 Å². The standard InChI is InChI=1S/C12H25N3O3/c1-6-11(13-9(4)16)12(18)8(3)15(7-2)14-10(5)17/h8,11-12,18H,6-7H2,1-5H3,(H,13,16)(H,14,17). The smallest absolute Gasteiger partial charge is 0.231 e. The lowest BCUT2D eigenvalue weighted by molar-refractivity contribution is -0.127. The van der Waals surface area contributed by atoms with Crippen molar-refractivity contribution in [2.75, 3.05) is 6.54 Å². The second-order valence-electron chi connectivity index (χ2n) is 4.40. The molecule has 0 aliphatic heterocycles. The summed E-state index contributed by atoms with van der Waals surface area (Å²) in [5, 5.41) is 14.6. The Kier molecular flexibility index (Phi) is 7.54. The molecular formula is C12H25N3O3. The monoisotopic (exact) mass is 259 g/mol. The number of carbonyl (C=O) groups excluding carboxylic acids is 2. The van der Waals surface area contributed by atoms with E-state index in [4.69, 9.17) is 0 Å². The average Bonchev–Trinajstić information content (AvgIpc) is 2.30. The highest BCUT2D eigenvalue weighted by Crippen LogP contribution is 2.09. The van der Waals surface area contributed by atoms with Crippen LogP contribution in [0.25, 0.3) is 0 Å². The molecule has 0 saturated heterocycles. The minimum atomic E-state index is -0.745. The van der Waals surface area contributed by atoms with Crippen LogP contribution >= 0.6 is 0 Å². The highest BCUT2D eigenvalue weighted by Gasteiger charge is 2.28. The minimum Gasteiger partial charge on any atom is -0.389 e. The third-order valence-electron chi connectivity index (χ3n) is 2.87. The summed E-state index contributed by atoms with van der Waals surface area (Å²) < 4.78 is 0. The molecule has 18 heavy (non-hydrogen) atoms. The average molecular weight is 259 g/mol. The molecule has 0 fully saturated rings. The maximum Gasteiger partial charge on any atom is 0.231 e. The first-order chi connectivity index (χ1) is 8.33. The van der Waals surface area contributed by atoms with Gasteiger partial charge >= 0.3 is 0 Å². The van der Waals surface area contributed by atoms with Gasteiger partial charge in [-0.3, -0.25) is 15.0 Å². The SMILES string of the molecule is CCC(NC(C)=O)C(O)C(C)N(CC)NC(C)=O. The van der Waals surface area contributed by atoms with E-state index in [1.807, 2.05) is 20.8 Å². The normalized spacial score (nSPS) is 15.9. The molecule has 3 N–H and O–H groups in total. The fourth-order valence-corrected chi connectivity index (χ4v) is 1.88. The Bertz CT molecular complexity index is 256. The summed E-state index contributed by atoms with van der Waals surface area (Å²) in [6.07, 6.45) is -0.117. The van der Waals surface area contributed by atoms with Gasteiger partial charge in [0.15, 0.2) is 0 Å². The van der Waals surface area contributed by atoms with Crippen molar-refractivity contribution in [2.24, 2.45) is 0 Å². The predicted molar refractivity (Wildman–Crippen MR) is 69.6 cm³/mol. The van der Waals surface area contributed by atoms with Crippen molar-refractivity contribution in [3.63, 3.8) is 0 Å². The van der Waals surface area contributed by atoms with Gasteiger partial charge in [-0.25, -0.2) is 5.01 Å². The molecular weight excluding hydrogens is 234 g/mol. The van der Waals surface area contributed by atoms with Crippen LogP contribution in [0.3, 0.4) is 0 Å². The maximum atomic E-state index is 11.1. The number of hydrogen-bond acceptors (Lipinski definition) is 4. The first kappa shape index (κ1) is 16.9. The summed E-state index contributed by atoms with van der Waals surface area (Å²) in [6.45, 7) is 9.02. The van der Waals surface area contributed by atoms with Crippen LogP contribution in [0.5, 0.6) is 0 Å². The Hall–Kier alpha value is -1.14. The van der Waals surface area contributed by atoms with Crippen molar-refractivity contribution in [3.05, 3.63) is 0 Å². The van der Waals surface area contributed by atoms with Crippen LogP contribution in [0.1, 0.15) is 41.0 Å². The van der Waals surface area contributed by atoms with Gasteiger partial charge in [0.25, 0.3) is 0 Å². The van der Waals surface area contributed by atoms with E-state index < -0.39 is 6.10 Å². The Labute approximate surface area is 109 Å².